The fourth-order valence-electron chi connectivity index (χ4n) is 2.18. The zero-order chi connectivity index (χ0) is 13.5. The maximum atomic E-state index is 10.7. The summed E-state index contributed by atoms with van der Waals surface area (Å²) >= 11 is 0. The van der Waals surface area contributed by atoms with E-state index in [1.165, 1.54) is 6.07 Å². The van der Waals surface area contributed by atoms with Crippen LogP contribution in [0.25, 0.3) is 11.3 Å². The van der Waals surface area contributed by atoms with E-state index in [9.17, 15) is 4.79 Å². The molecule has 1 heterocycles. The van der Waals surface area contributed by atoms with Crippen molar-refractivity contribution in [2.75, 3.05) is 7.11 Å². The molecule has 1 aliphatic rings. The van der Waals surface area contributed by atoms with Crippen LogP contribution >= 0.6 is 0 Å². The number of rotatable bonds is 4. The summed E-state index contributed by atoms with van der Waals surface area (Å²) in [6, 6.07) is 9.19. The summed E-state index contributed by atoms with van der Waals surface area (Å²) in [5, 5.41) is 12.5. The first-order valence-corrected chi connectivity index (χ1v) is 6.01. The monoisotopic (exact) mass is 259 g/mol. The molecule has 1 fully saturated rings. The number of methoxy groups -OCH3 is 1. The summed E-state index contributed by atoms with van der Waals surface area (Å²) < 4.78 is 10.2. The van der Waals surface area contributed by atoms with E-state index >= 15 is 0 Å². The van der Waals surface area contributed by atoms with E-state index in [4.69, 9.17) is 14.4 Å². The second-order valence-corrected chi connectivity index (χ2v) is 4.66. The van der Waals surface area contributed by atoms with E-state index in [1.807, 2.05) is 24.3 Å². The molecule has 5 heteroatoms. The van der Waals surface area contributed by atoms with E-state index in [1.54, 1.807) is 7.11 Å². The molecule has 0 radical (unpaired) electrons. The van der Waals surface area contributed by atoms with Crippen molar-refractivity contribution in [3.8, 4) is 11.3 Å². The molecule has 0 unspecified atom stereocenters. The van der Waals surface area contributed by atoms with Crippen LogP contribution in [0.1, 0.15) is 29.0 Å². The molecule has 19 heavy (non-hydrogen) atoms. The Balaban J connectivity index is 1.87. The van der Waals surface area contributed by atoms with Crippen molar-refractivity contribution < 1.29 is 19.2 Å². The van der Waals surface area contributed by atoms with Crippen LogP contribution in [0.3, 0.4) is 0 Å². The van der Waals surface area contributed by atoms with Gasteiger partial charge in [-0.2, -0.15) is 0 Å². The molecule has 0 amide bonds. The van der Waals surface area contributed by atoms with E-state index < -0.39 is 5.97 Å². The van der Waals surface area contributed by atoms with Gasteiger partial charge in [0.1, 0.15) is 5.69 Å². The molecular weight excluding hydrogens is 246 g/mol. The van der Waals surface area contributed by atoms with E-state index in [-0.39, 0.29) is 11.4 Å². The lowest BCUT2D eigenvalue weighted by molar-refractivity contribution is 0.0652. The Hall–Kier alpha value is -2.14. The predicted molar refractivity (Wildman–Crippen MR) is 66.8 cm³/mol. The maximum absolute atomic E-state index is 10.7. The maximum Gasteiger partial charge on any atom is 0.374 e. The number of carbonyl (C=O) groups is 1. The number of hydrogen-bond acceptors (Lipinski definition) is 4. The molecule has 1 aromatic carbocycles. The Morgan fingerprint density at radius 1 is 1.37 bits per heavy atom. The van der Waals surface area contributed by atoms with Crippen LogP contribution in [0.5, 0.6) is 0 Å². The van der Waals surface area contributed by atoms with Gasteiger partial charge in [-0.05, 0) is 18.4 Å². The minimum atomic E-state index is -1.12. The van der Waals surface area contributed by atoms with E-state index in [2.05, 4.69) is 5.16 Å². The standard InChI is InChI=1S/C14H13NO4/c1-18-14(6-7-14)10-4-2-9(3-5-10)11-8-12(13(16)17)19-15-11/h2-5,8H,6-7H2,1H3,(H,16,17). The summed E-state index contributed by atoms with van der Waals surface area (Å²) in [5.41, 5.74) is 2.37. The Morgan fingerprint density at radius 3 is 2.53 bits per heavy atom. The third-order valence-corrected chi connectivity index (χ3v) is 3.52. The number of carboxylic acid groups (broad SMARTS) is 1. The van der Waals surface area contributed by atoms with Gasteiger partial charge >= 0.3 is 5.97 Å². The quantitative estimate of drug-likeness (QED) is 0.913. The highest BCUT2D eigenvalue weighted by atomic mass is 16.5. The summed E-state index contributed by atoms with van der Waals surface area (Å²) in [6.07, 6.45) is 2.08. The lowest BCUT2D eigenvalue weighted by atomic mass is 10.0. The third-order valence-electron chi connectivity index (χ3n) is 3.52. The van der Waals surface area contributed by atoms with Crippen molar-refractivity contribution >= 4 is 5.97 Å². The fraction of sp³-hybridized carbons (Fsp3) is 0.286. The van der Waals surface area contributed by atoms with Crippen LogP contribution in [0.15, 0.2) is 34.9 Å². The highest BCUT2D eigenvalue weighted by Crippen LogP contribution is 2.48. The van der Waals surface area contributed by atoms with Gasteiger partial charge < -0.3 is 14.4 Å². The highest BCUT2D eigenvalue weighted by molar-refractivity contribution is 5.85. The van der Waals surface area contributed by atoms with Gasteiger partial charge in [0.2, 0.25) is 5.76 Å². The molecule has 2 aromatic rings. The molecule has 3 rings (SSSR count). The van der Waals surface area contributed by atoms with Crippen LogP contribution < -0.4 is 0 Å². The van der Waals surface area contributed by atoms with Crippen molar-refractivity contribution in [2.45, 2.75) is 18.4 Å². The average Bonchev–Trinajstić information content (AvgIpc) is 3.07. The topological polar surface area (TPSA) is 72.6 Å². The number of aromatic nitrogens is 1. The number of ether oxygens (including phenoxy) is 1. The predicted octanol–water partition coefficient (Wildman–Crippen LogP) is 2.68. The minimum absolute atomic E-state index is 0.116. The molecule has 1 aliphatic carbocycles. The zero-order valence-corrected chi connectivity index (χ0v) is 10.4. The lowest BCUT2D eigenvalue weighted by Gasteiger charge is -2.13. The van der Waals surface area contributed by atoms with Crippen molar-refractivity contribution in [3.63, 3.8) is 0 Å². The second-order valence-electron chi connectivity index (χ2n) is 4.66. The van der Waals surface area contributed by atoms with Crippen LogP contribution in [0.2, 0.25) is 0 Å². The van der Waals surface area contributed by atoms with Gasteiger partial charge in [-0.1, -0.05) is 29.4 Å². The van der Waals surface area contributed by atoms with Crippen LogP contribution in [-0.2, 0) is 10.3 Å². The first-order chi connectivity index (χ1) is 9.14. The van der Waals surface area contributed by atoms with Crippen molar-refractivity contribution in [1.82, 2.24) is 5.16 Å². The smallest absolute Gasteiger partial charge is 0.374 e. The SMILES string of the molecule is COC1(c2ccc(-c3cc(C(=O)O)on3)cc2)CC1. The molecule has 1 aromatic heterocycles. The molecule has 0 spiro atoms. The highest BCUT2D eigenvalue weighted by Gasteiger charge is 2.44. The van der Waals surface area contributed by atoms with E-state index in [0.29, 0.717) is 5.69 Å². The molecule has 0 saturated heterocycles. The lowest BCUT2D eigenvalue weighted by Crippen LogP contribution is -2.08. The molecule has 5 nitrogen and oxygen atoms in total. The number of hydrogen-bond donors (Lipinski definition) is 1. The van der Waals surface area contributed by atoms with Crippen LogP contribution in [-0.4, -0.2) is 23.3 Å². The van der Waals surface area contributed by atoms with Crippen LogP contribution in [0, 0.1) is 0 Å². The molecule has 0 bridgehead atoms. The molecular formula is C14H13NO4. The van der Waals surface area contributed by atoms with Gasteiger partial charge in [0, 0.05) is 18.7 Å². The largest absolute Gasteiger partial charge is 0.475 e. The van der Waals surface area contributed by atoms with Gasteiger partial charge in [0.15, 0.2) is 0 Å². The number of benzene rings is 1. The zero-order valence-electron chi connectivity index (χ0n) is 10.4. The minimum Gasteiger partial charge on any atom is -0.475 e. The number of carboxylic acids is 1. The first-order valence-electron chi connectivity index (χ1n) is 6.01. The molecule has 1 N–H and O–H groups in total. The summed E-state index contributed by atoms with van der Waals surface area (Å²) in [5.74, 6) is -1.28. The van der Waals surface area contributed by atoms with Gasteiger partial charge in [0.25, 0.3) is 0 Å². The molecule has 0 aliphatic heterocycles. The van der Waals surface area contributed by atoms with Gasteiger partial charge in [-0.25, -0.2) is 4.79 Å². The Kier molecular flexibility index (Phi) is 2.64. The van der Waals surface area contributed by atoms with Gasteiger partial charge in [-0.15, -0.1) is 0 Å². The Bertz CT molecular complexity index is 611. The fourth-order valence-corrected chi connectivity index (χ4v) is 2.18. The second kappa shape index (κ2) is 4.20. The van der Waals surface area contributed by atoms with Crippen molar-refractivity contribution in [3.05, 3.63) is 41.7 Å². The Morgan fingerprint density at radius 2 is 2.05 bits per heavy atom. The molecule has 98 valence electrons. The third kappa shape index (κ3) is 2.02. The molecule has 1 saturated carbocycles. The number of nitrogens with zero attached hydrogens (tertiary/aromatic N) is 1. The Labute approximate surface area is 109 Å². The normalized spacial score (nSPS) is 16.3. The summed E-state index contributed by atoms with van der Waals surface area (Å²) in [7, 11) is 1.72. The molecule has 0 atom stereocenters. The van der Waals surface area contributed by atoms with Crippen molar-refractivity contribution in [1.29, 1.82) is 0 Å². The van der Waals surface area contributed by atoms with Crippen LogP contribution in [0.4, 0.5) is 0 Å². The summed E-state index contributed by atoms with van der Waals surface area (Å²) in [4.78, 5) is 10.7. The van der Waals surface area contributed by atoms with Gasteiger partial charge in [0.05, 0.1) is 5.60 Å². The first kappa shape index (κ1) is 11.9. The number of aromatic carboxylic acids is 1. The summed E-state index contributed by atoms with van der Waals surface area (Å²) in [6.45, 7) is 0. The van der Waals surface area contributed by atoms with Crippen molar-refractivity contribution in [2.24, 2.45) is 0 Å². The van der Waals surface area contributed by atoms with Gasteiger partial charge in [-0.3, -0.25) is 0 Å². The average molecular weight is 259 g/mol. The van der Waals surface area contributed by atoms with E-state index in [0.717, 1.165) is 24.0 Å².